The van der Waals surface area contributed by atoms with E-state index in [2.05, 4.69) is 9.69 Å². The monoisotopic (exact) mass is 262 g/mol. The molecule has 0 unspecified atom stereocenters. The summed E-state index contributed by atoms with van der Waals surface area (Å²) < 4.78 is 16.6. The van der Waals surface area contributed by atoms with Gasteiger partial charge in [-0.2, -0.15) is 9.64 Å². The molecule has 1 aromatic heterocycles. The van der Waals surface area contributed by atoms with Crippen molar-refractivity contribution < 1.29 is 4.39 Å². The Morgan fingerprint density at radius 2 is 2.11 bits per heavy atom. The van der Waals surface area contributed by atoms with Crippen LogP contribution in [0, 0.1) is 17.1 Å². The molecule has 0 saturated heterocycles. The maximum absolute atomic E-state index is 12.7. The number of nitrogen functional groups attached to an aromatic ring is 1. The van der Waals surface area contributed by atoms with Gasteiger partial charge in [-0.1, -0.05) is 12.1 Å². The van der Waals surface area contributed by atoms with Crippen molar-refractivity contribution >= 4 is 22.4 Å². The van der Waals surface area contributed by atoms with Crippen molar-refractivity contribution in [2.24, 2.45) is 0 Å². The van der Waals surface area contributed by atoms with Gasteiger partial charge in [0.1, 0.15) is 22.5 Å². The van der Waals surface area contributed by atoms with E-state index in [1.54, 1.807) is 12.1 Å². The molecular weight excluding hydrogens is 251 g/mol. The van der Waals surface area contributed by atoms with E-state index in [1.807, 2.05) is 6.07 Å². The topological polar surface area (TPSA) is 74.7 Å². The Morgan fingerprint density at radius 3 is 2.78 bits per heavy atom. The Kier molecular flexibility index (Phi) is 3.75. The molecule has 0 amide bonds. The van der Waals surface area contributed by atoms with Crippen LogP contribution in [0.3, 0.4) is 0 Å². The minimum atomic E-state index is -0.242. The van der Waals surface area contributed by atoms with Gasteiger partial charge < -0.3 is 11.1 Å². The molecule has 4 nitrogen and oxygen atoms in total. The molecule has 0 spiro atoms. The molecule has 0 aliphatic rings. The smallest absolute Gasteiger partial charge is 0.157 e. The molecule has 2 aromatic rings. The lowest BCUT2D eigenvalue weighted by molar-refractivity contribution is 0.627. The lowest BCUT2D eigenvalue weighted by Gasteiger charge is -2.04. The lowest BCUT2D eigenvalue weighted by atomic mass is 10.1. The van der Waals surface area contributed by atoms with Crippen LogP contribution in [0.25, 0.3) is 0 Å². The molecule has 92 valence electrons. The maximum atomic E-state index is 12.7. The predicted molar refractivity (Wildman–Crippen MR) is 69.8 cm³/mol. The third-order valence-corrected chi connectivity index (χ3v) is 3.26. The summed E-state index contributed by atoms with van der Waals surface area (Å²) in [5, 5.41) is 12.7. The summed E-state index contributed by atoms with van der Waals surface area (Å²) in [4.78, 5) is 0. The molecule has 0 bridgehead atoms. The zero-order valence-electron chi connectivity index (χ0n) is 9.48. The van der Waals surface area contributed by atoms with E-state index >= 15 is 0 Å². The average molecular weight is 262 g/mol. The van der Waals surface area contributed by atoms with E-state index in [9.17, 15) is 4.39 Å². The van der Waals surface area contributed by atoms with Crippen LogP contribution in [-0.4, -0.2) is 10.9 Å². The van der Waals surface area contributed by atoms with Crippen molar-refractivity contribution in [3.63, 3.8) is 0 Å². The zero-order valence-corrected chi connectivity index (χ0v) is 10.3. The predicted octanol–water partition coefficient (Wildman–Crippen LogP) is 2.39. The van der Waals surface area contributed by atoms with E-state index in [-0.39, 0.29) is 11.6 Å². The van der Waals surface area contributed by atoms with Gasteiger partial charge >= 0.3 is 0 Å². The van der Waals surface area contributed by atoms with Gasteiger partial charge in [0.2, 0.25) is 0 Å². The normalized spacial score (nSPS) is 10.0. The van der Waals surface area contributed by atoms with Gasteiger partial charge in [0, 0.05) is 6.54 Å². The van der Waals surface area contributed by atoms with Gasteiger partial charge in [0.25, 0.3) is 0 Å². The van der Waals surface area contributed by atoms with Gasteiger partial charge in [-0.3, -0.25) is 0 Å². The fraction of sp³-hybridized carbons (Fsp3) is 0.167. The number of benzene rings is 1. The molecule has 6 heteroatoms. The number of nitriles is 1. The highest BCUT2D eigenvalue weighted by molar-refractivity contribution is 7.10. The van der Waals surface area contributed by atoms with E-state index in [0.29, 0.717) is 17.1 Å². The maximum Gasteiger partial charge on any atom is 0.157 e. The number of hydrogen-bond donors (Lipinski definition) is 2. The SMILES string of the molecule is N#Cc1c(N)nsc1NCCc1ccc(F)cc1. The summed E-state index contributed by atoms with van der Waals surface area (Å²) in [6.45, 7) is 0.641. The number of anilines is 2. The standard InChI is InChI=1S/C12H11FN4S/c13-9-3-1-8(2-4-9)5-6-16-12-10(7-14)11(15)17-18-12/h1-4,16H,5-6H2,(H2,15,17). The van der Waals surface area contributed by atoms with E-state index in [1.165, 1.54) is 23.7 Å². The Hall–Kier alpha value is -2.13. The Balaban J connectivity index is 1.93. The molecule has 0 aliphatic heterocycles. The molecule has 0 atom stereocenters. The number of nitrogens with one attached hydrogen (secondary N) is 1. The van der Waals surface area contributed by atoms with Crippen molar-refractivity contribution in [3.8, 4) is 6.07 Å². The summed E-state index contributed by atoms with van der Waals surface area (Å²) in [5.41, 5.74) is 6.96. The van der Waals surface area contributed by atoms with Crippen LogP contribution in [-0.2, 0) is 6.42 Å². The summed E-state index contributed by atoms with van der Waals surface area (Å²) >= 11 is 1.17. The molecule has 18 heavy (non-hydrogen) atoms. The van der Waals surface area contributed by atoms with Crippen LogP contribution in [0.2, 0.25) is 0 Å². The minimum Gasteiger partial charge on any atom is -0.382 e. The Bertz CT molecular complexity index is 571. The fourth-order valence-electron chi connectivity index (χ4n) is 1.50. The van der Waals surface area contributed by atoms with Crippen LogP contribution in [0.15, 0.2) is 24.3 Å². The van der Waals surface area contributed by atoms with Crippen molar-refractivity contribution in [3.05, 3.63) is 41.2 Å². The minimum absolute atomic E-state index is 0.242. The molecule has 2 rings (SSSR count). The highest BCUT2D eigenvalue weighted by Gasteiger charge is 2.09. The van der Waals surface area contributed by atoms with Gasteiger partial charge in [-0.05, 0) is 35.6 Å². The number of hydrogen-bond acceptors (Lipinski definition) is 5. The molecule has 0 saturated carbocycles. The number of nitrogens with two attached hydrogens (primary N) is 1. The highest BCUT2D eigenvalue weighted by Crippen LogP contribution is 2.25. The molecule has 1 aromatic carbocycles. The van der Waals surface area contributed by atoms with Crippen molar-refractivity contribution in [1.82, 2.24) is 4.37 Å². The van der Waals surface area contributed by atoms with Gasteiger partial charge in [-0.15, -0.1) is 0 Å². The molecule has 0 radical (unpaired) electrons. The van der Waals surface area contributed by atoms with E-state index in [4.69, 9.17) is 11.0 Å². The van der Waals surface area contributed by atoms with Crippen molar-refractivity contribution in [2.75, 3.05) is 17.6 Å². The van der Waals surface area contributed by atoms with Crippen molar-refractivity contribution in [2.45, 2.75) is 6.42 Å². The first-order chi connectivity index (χ1) is 8.70. The van der Waals surface area contributed by atoms with E-state index < -0.39 is 0 Å². The second-order valence-corrected chi connectivity index (χ2v) is 4.46. The molecular formula is C12H11FN4S. The molecule has 0 fully saturated rings. The largest absolute Gasteiger partial charge is 0.382 e. The summed E-state index contributed by atoms with van der Waals surface area (Å²) in [7, 11) is 0. The zero-order chi connectivity index (χ0) is 13.0. The number of halogens is 1. The van der Waals surface area contributed by atoms with Crippen LogP contribution >= 0.6 is 11.5 Å². The number of rotatable bonds is 4. The first kappa shape index (κ1) is 12.3. The highest BCUT2D eigenvalue weighted by atomic mass is 32.1. The van der Waals surface area contributed by atoms with Gasteiger partial charge in [-0.25, -0.2) is 4.39 Å². The van der Waals surface area contributed by atoms with E-state index in [0.717, 1.165) is 12.0 Å². The van der Waals surface area contributed by atoms with Gasteiger partial charge in [0.15, 0.2) is 5.82 Å². The Labute approximate surface area is 108 Å². The lowest BCUT2D eigenvalue weighted by Crippen LogP contribution is -2.04. The first-order valence-corrected chi connectivity index (χ1v) is 6.11. The quantitative estimate of drug-likeness (QED) is 0.887. The fourth-order valence-corrected chi connectivity index (χ4v) is 2.19. The molecule has 3 N–H and O–H groups in total. The summed E-state index contributed by atoms with van der Waals surface area (Å²) in [5.74, 6) is 0.0143. The number of nitrogens with zero attached hydrogens (tertiary/aromatic N) is 2. The molecule has 0 aliphatic carbocycles. The molecule has 1 heterocycles. The average Bonchev–Trinajstić information content (AvgIpc) is 2.72. The second kappa shape index (κ2) is 5.47. The second-order valence-electron chi connectivity index (χ2n) is 3.69. The van der Waals surface area contributed by atoms with Gasteiger partial charge in [0.05, 0.1) is 0 Å². The van der Waals surface area contributed by atoms with Crippen LogP contribution in [0.1, 0.15) is 11.1 Å². The summed E-state index contributed by atoms with van der Waals surface area (Å²) in [6.07, 6.45) is 0.739. The summed E-state index contributed by atoms with van der Waals surface area (Å²) in [6, 6.07) is 8.35. The third kappa shape index (κ3) is 2.76. The first-order valence-electron chi connectivity index (χ1n) is 5.34. The van der Waals surface area contributed by atoms with Crippen LogP contribution in [0.5, 0.6) is 0 Å². The van der Waals surface area contributed by atoms with Crippen LogP contribution < -0.4 is 11.1 Å². The Morgan fingerprint density at radius 1 is 1.39 bits per heavy atom. The van der Waals surface area contributed by atoms with Crippen molar-refractivity contribution in [1.29, 1.82) is 5.26 Å². The van der Waals surface area contributed by atoms with Crippen LogP contribution in [0.4, 0.5) is 15.2 Å². The number of aromatic nitrogens is 1. The third-order valence-electron chi connectivity index (χ3n) is 2.44.